The predicted molar refractivity (Wildman–Crippen MR) is 241 cm³/mol. The molecule has 1 aliphatic carbocycles. The van der Waals surface area contributed by atoms with Gasteiger partial charge in [-0.2, -0.15) is 0 Å². The number of ether oxygens (including phenoxy) is 1. The van der Waals surface area contributed by atoms with Crippen LogP contribution in [0, 0.1) is 21.3 Å². The number of carbonyl (C=O) groups excluding carboxylic acids is 2. The normalized spacial score (nSPS) is 21.3. The van der Waals surface area contributed by atoms with Crippen LogP contribution in [0.1, 0.15) is 64.5 Å². The van der Waals surface area contributed by atoms with Crippen LogP contribution in [0.5, 0.6) is 11.5 Å². The van der Waals surface area contributed by atoms with E-state index in [1.807, 2.05) is 49.4 Å². The summed E-state index contributed by atoms with van der Waals surface area (Å²) in [6.45, 7) is 9.41. The first-order chi connectivity index (χ1) is 27.9. The molecule has 2 fully saturated rings. The van der Waals surface area contributed by atoms with Gasteiger partial charge in [-0.25, -0.2) is 0 Å². The number of likely N-dealkylation sites (tertiary alicyclic amines) is 1. The molecule has 7 rings (SSSR count). The summed E-state index contributed by atoms with van der Waals surface area (Å²) in [6, 6.07) is 35.0. The molecule has 0 aromatic heterocycles. The number of methoxy groups -OCH3 is 1. The van der Waals surface area contributed by atoms with Gasteiger partial charge in [0.1, 0.15) is 0 Å². The maximum atomic E-state index is 14.2. The van der Waals surface area contributed by atoms with Crippen molar-refractivity contribution >= 4 is 71.9 Å². The third-order valence-corrected chi connectivity index (χ3v) is 18.0. The number of hydrogen-bond donors (Lipinski definition) is 2. The van der Waals surface area contributed by atoms with Crippen LogP contribution in [0.25, 0.3) is 11.6 Å². The monoisotopic (exact) mass is 909 g/mol. The molecule has 2 N–H and O–H groups in total. The molecule has 4 aromatic carbocycles. The predicted octanol–water partition coefficient (Wildman–Crippen LogP) is 8.11. The van der Waals surface area contributed by atoms with Crippen LogP contribution in [0.2, 0.25) is 11.4 Å². The van der Waals surface area contributed by atoms with Crippen molar-refractivity contribution < 1.29 is 33.5 Å². The number of carbonyl (C=O) groups is 2. The van der Waals surface area contributed by atoms with Gasteiger partial charge in [-0.15, -0.1) is 0 Å². The molecular weight excluding hydrogens is 856 g/mol. The molecule has 302 valence electrons. The standard InChI is InChI=1S/C47H53BINO7Si/c1-6-24-50-45(52)37-28-34(30-56-58(47(2,3)4,35-18-12-8-13-19-35)36-20-14-9-15-21-36)42-38(43(37)46(50)53)29-48(54)57-40(42)23-22-33(32-16-10-7-11-17-32)25-31-26-39(49)44(51)41(27-31)55-5/h7-21,25-27,37-38,40,43,51,54H,6,22-24,28-30H2,1-5H3/b33-25-/t37-,38+,40-,43-/m1/s1. The van der Waals surface area contributed by atoms with Crippen molar-refractivity contribution in [3.63, 3.8) is 0 Å². The van der Waals surface area contributed by atoms with Gasteiger partial charge in [0.05, 0.1) is 35.2 Å². The molecule has 58 heavy (non-hydrogen) atoms. The average Bonchev–Trinajstić information content (AvgIpc) is 3.45. The number of phenolic OH excluding ortho intramolecular Hbond substituents is 1. The fourth-order valence-electron chi connectivity index (χ4n) is 9.64. The number of nitrogens with zero attached hydrogens (tertiary/aromatic N) is 1. The highest BCUT2D eigenvalue weighted by Gasteiger charge is 2.58. The van der Waals surface area contributed by atoms with E-state index in [-0.39, 0.29) is 41.4 Å². The Labute approximate surface area is 357 Å². The smallest absolute Gasteiger partial charge is 0.455 e. The van der Waals surface area contributed by atoms with Crippen molar-refractivity contribution in [3.05, 3.63) is 129 Å². The maximum absolute atomic E-state index is 14.2. The average molecular weight is 910 g/mol. The zero-order valence-electron chi connectivity index (χ0n) is 34.0. The summed E-state index contributed by atoms with van der Waals surface area (Å²) in [7, 11) is -2.53. The highest BCUT2D eigenvalue weighted by atomic mass is 127. The molecule has 2 aliphatic heterocycles. The Balaban J connectivity index is 1.32. The van der Waals surface area contributed by atoms with E-state index in [0.717, 1.165) is 38.2 Å². The topological polar surface area (TPSA) is 106 Å². The van der Waals surface area contributed by atoms with Crippen LogP contribution >= 0.6 is 22.6 Å². The zero-order valence-corrected chi connectivity index (χ0v) is 37.1. The lowest BCUT2D eigenvalue weighted by Crippen LogP contribution is -2.66. The summed E-state index contributed by atoms with van der Waals surface area (Å²) < 4.78 is 20.2. The minimum absolute atomic E-state index is 0.102. The van der Waals surface area contributed by atoms with Crippen LogP contribution < -0.4 is 15.1 Å². The van der Waals surface area contributed by atoms with Crippen LogP contribution in [0.3, 0.4) is 0 Å². The lowest BCUT2D eigenvalue weighted by molar-refractivity contribution is -0.140. The van der Waals surface area contributed by atoms with Crippen LogP contribution in [-0.2, 0) is 18.7 Å². The SMILES string of the molecule is CCCN1C(=O)[C@@H]2[C@@H](CC(CO[Si](c3ccccc3)(c3ccccc3)C(C)(C)C)=C3[C@@H](CC/C(=C/c4cc(I)c(O)c(OC)c4)c4ccccc4)OB(O)C[C@@H]32)C1=O. The van der Waals surface area contributed by atoms with E-state index < -0.39 is 33.4 Å². The summed E-state index contributed by atoms with van der Waals surface area (Å²) in [5.74, 6) is -1.19. The number of amides is 2. The number of imide groups is 1. The number of halogens is 1. The number of benzene rings is 4. The second kappa shape index (κ2) is 17.7. The van der Waals surface area contributed by atoms with E-state index in [4.69, 9.17) is 13.8 Å². The van der Waals surface area contributed by atoms with Gasteiger partial charge in [0.25, 0.3) is 8.32 Å². The van der Waals surface area contributed by atoms with Crippen LogP contribution in [-0.4, -0.2) is 68.6 Å². The van der Waals surface area contributed by atoms with Gasteiger partial charge in [0.2, 0.25) is 11.8 Å². The Kier molecular flexibility index (Phi) is 12.8. The minimum atomic E-state index is -2.98. The van der Waals surface area contributed by atoms with Crippen molar-refractivity contribution in [2.75, 3.05) is 20.3 Å². The largest absolute Gasteiger partial charge is 0.504 e. The number of allylic oxidation sites excluding steroid dienone is 1. The van der Waals surface area contributed by atoms with Crippen molar-refractivity contribution in [2.45, 2.75) is 70.8 Å². The van der Waals surface area contributed by atoms with E-state index >= 15 is 0 Å². The van der Waals surface area contributed by atoms with Gasteiger partial charge in [0, 0.05) is 6.54 Å². The Morgan fingerprint density at radius 3 is 2.16 bits per heavy atom. The first-order valence-corrected chi connectivity index (χ1v) is 23.3. The molecule has 0 bridgehead atoms. The van der Waals surface area contributed by atoms with Crippen molar-refractivity contribution in [1.82, 2.24) is 4.90 Å². The molecule has 11 heteroatoms. The fourth-order valence-corrected chi connectivity index (χ4v) is 14.8. The molecule has 2 saturated heterocycles. The van der Waals surface area contributed by atoms with Crippen molar-refractivity contribution in [2.24, 2.45) is 17.8 Å². The number of fused-ring (bicyclic) bond motifs is 3. The highest BCUT2D eigenvalue weighted by Crippen LogP contribution is 2.51. The van der Waals surface area contributed by atoms with Crippen LogP contribution in [0.15, 0.2) is 114 Å². The second-order valence-corrected chi connectivity index (χ2v) is 22.2. The molecule has 2 heterocycles. The maximum Gasteiger partial charge on any atom is 0.455 e. The Morgan fingerprint density at radius 2 is 1.57 bits per heavy atom. The van der Waals surface area contributed by atoms with Gasteiger partial charge < -0.3 is 23.9 Å². The highest BCUT2D eigenvalue weighted by molar-refractivity contribution is 14.1. The van der Waals surface area contributed by atoms with Crippen LogP contribution in [0.4, 0.5) is 0 Å². The van der Waals surface area contributed by atoms with Gasteiger partial charge >= 0.3 is 7.12 Å². The molecule has 4 aromatic rings. The van der Waals surface area contributed by atoms with Gasteiger partial charge in [0.15, 0.2) is 11.5 Å². The third kappa shape index (κ3) is 8.12. The summed E-state index contributed by atoms with van der Waals surface area (Å²) in [4.78, 5) is 29.7. The van der Waals surface area contributed by atoms with E-state index in [1.165, 1.54) is 4.90 Å². The van der Waals surface area contributed by atoms with Crippen molar-refractivity contribution in [3.8, 4) is 11.5 Å². The Hall–Kier alpha value is -4.01. The lowest BCUT2D eigenvalue weighted by atomic mass is 9.58. The molecule has 0 spiro atoms. The summed E-state index contributed by atoms with van der Waals surface area (Å²) in [5.41, 5.74) is 4.96. The van der Waals surface area contributed by atoms with E-state index in [2.05, 4.69) is 110 Å². The summed E-state index contributed by atoms with van der Waals surface area (Å²) in [6.07, 6.45) is 4.03. The molecule has 3 aliphatic rings. The van der Waals surface area contributed by atoms with Gasteiger partial charge in [-0.3, -0.25) is 14.5 Å². The zero-order chi connectivity index (χ0) is 41.2. The quantitative estimate of drug-likeness (QED) is 0.0460. The Bertz CT molecular complexity index is 2140. The fraction of sp³-hybridized carbons (Fsp3) is 0.362. The van der Waals surface area contributed by atoms with E-state index in [0.29, 0.717) is 41.5 Å². The second-order valence-electron chi connectivity index (χ2n) is 16.7. The number of hydrogen-bond acceptors (Lipinski definition) is 7. The first-order valence-electron chi connectivity index (χ1n) is 20.4. The lowest BCUT2D eigenvalue weighted by Gasteiger charge is -2.46. The molecule has 8 nitrogen and oxygen atoms in total. The van der Waals surface area contributed by atoms with E-state index in [1.54, 1.807) is 7.11 Å². The van der Waals surface area contributed by atoms with Crippen molar-refractivity contribution in [1.29, 1.82) is 0 Å². The number of phenols is 1. The molecule has 0 saturated carbocycles. The molecule has 0 radical (unpaired) electrons. The Morgan fingerprint density at radius 1 is 0.948 bits per heavy atom. The van der Waals surface area contributed by atoms with Gasteiger partial charge in [-0.05, 0) is 116 Å². The minimum Gasteiger partial charge on any atom is -0.504 e. The number of aromatic hydroxyl groups is 1. The van der Waals surface area contributed by atoms with Gasteiger partial charge in [-0.1, -0.05) is 125 Å². The van der Waals surface area contributed by atoms with E-state index in [9.17, 15) is 19.7 Å². The molecule has 2 amide bonds. The molecule has 4 atom stereocenters. The third-order valence-electron chi connectivity index (χ3n) is 12.2. The summed E-state index contributed by atoms with van der Waals surface area (Å²) >= 11 is 2.11. The summed E-state index contributed by atoms with van der Waals surface area (Å²) in [5, 5.41) is 24.0. The first kappa shape index (κ1) is 42.1. The molecule has 0 unspecified atom stereocenters. The molecular formula is C47H53BINO7Si. The number of rotatable bonds is 13.